The van der Waals surface area contributed by atoms with Gasteiger partial charge in [-0.25, -0.2) is 18.0 Å². The summed E-state index contributed by atoms with van der Waals surface area (Å²) in [6, 6.07) is 7.85. The number of aromatic carboxylic acids is 1. The van der Waals surface area contributed by atoms with Gasteiger partial charge in [0.2, 0.25) is 12.3 Å². The van der Waals surface area contributed by atoms with Gasteiger partial charge in [-0.15, -0.1) is 0 Å². The van der Waals surface area contributed by atoms with Gasteiger partial charge in [0, 0.05) is 30.6 Å². The van der Waals surface area contributed by atoms with Crippen molar-refractivity contribution in [3.8, 4) is 11.3 Å². The number of methoxy groups -OCH3 is 1. The Morgan fingerprint density at radius 3 is 2.49 bits per heavy atom. The van der Waals surface area contributed by atoms with Crippen LogP contribution in [0, 0.1) is 11.7 Å². The molecule has 1 unspecified atom stereocenters. The van der Waals surface area contributed by atoms with Gasteiger partial charge in [-0.3, -0.25) is 9.59 Å². The number of carbonyl (C=O) groups is 3. The monoisotopic (exact) mass is 615 g/mol. The SMILES string of the molecule is COC1(C)CN(C(=O)C2CCc3c(-c4ccc(C(=O)O)cc4F)nn(C(=O)c4c(Cl)cccc4C4(C(F)F)CC4)c3C2)C1. The van der Waals surface area contributed by atoms with Gasteiger partial charge in [0.25, 0.3) is 5.91 Å². The summed E-state index contributed by atoms with van der Waals surface area (Å²) >= 11 is 6.48. The van der Waals surface area contributed by atoms with Crippen LogP contribution in [0.4, 0.5) is 13.2 Å². The van der Waals surface area contributed by atoms with Gasteiger partial charge >= 0.3 is 5.97 Å². The molecule has 226 valence electrons. The molecule has 6 rings (SSSR count). The molecule has 3 aromatic rings. The third kappa shape index (κ3) is 4.82. The van der Waals surface area contributed by atoms with Crippen LogP contribution in [-0.2, 0) is 27.8 Å². The first kappa shape index (κ1) is 29.4. The first-order valence-electron chi connectivity index (χ1n) is 14.0. The largest absolute Gasteiger partial charge is 0.478 e. The summed E-state index contributed by atoms with van der Waals surface area (Å²) < 4.78 is 50.2. The number of nitrogens with zero attached hydrogens (tertiary/aromatic N) is 3. The maximum atomic E-state index is 15.3. The minimum Gasteiger partial charge on any atom is -0.478 e. The average Bonchev–Trinajstić information content (AvgIpc) is 3.70. The molecule has 1 saturated carbocycles. The van der Waals surface area contributed by atoms with Crippen LogP contribution in [0.2, 0.25) is 5.02 Å². The number of likely N-dealkylation sites (tertiary alicyclic amines) is 1. The van der Waals surface area contributed by atoms with E-state index in [9.17, 15) is 28.3 Å². The molecule has 1 amide bonds. The van der Waals surface area contributed by atoms with E-state index in [4.69, 9.17) is 16.3 Å². The molecule has 2 heterocycles. The zero-order chi connectivity index (χ0) is 30.8. The normalized spacial score (nSPS) is 20.0. The lowest BCUT2D eigenvalue weighted by Gasteiger charge is -2.48. The Balaban J connectivity index is 1.44. The van der Waals surface area contributed by atoms with E-state index < -0.39 is 41.1 Å². The van der Waals surface area contributed by atoms with E-state index >= 15 is 4.39 Å². The average molecular weight is 616 g/mol. The molecule has 2 fully saturated rings. The molecule has 0 bridgehead atoms. The predicted octanol–water partition coefficient (Wildman–Crippen LogP) is 5.38. The number of benzene rings is 2. The van der Waals surface area contributed by atoms with Crippen LogP contribution in [0.15, 0.2) is 36.4 Å². The number of hydrogen-bond donors (Lipinski definition) is 1. The lowest BCUT2D eigenvalue weighted by atomic mass is 9.83. The Morgan fingerprint density at radius 2 is 1.88 bits per heavy atom. The quantitative estimate of drug-likeness (QED) is 0.383. The van der Waals surface area contributed by atoms with Gasteiger partial charge < -0.3 is 14.7 Å². The van der Waals surface area contributed by atoms with Crippen molar-refractivity contribution in [1.29, 1.82) is 0 Å². The summed E-state index contributed by atoms with van der Waals surface area (Å²) in [6.45, 7) is 2.76. The molecular weight excluding hydrogens is 587 g/mol. The molecule has 12 heteroatoms. The van der Waals surface area contributed by atoms with Gasteiger partial charge in [0.05, 0.1) is 51.6 Å². The number of amides is 1. The number of alkyl halides is 2. The number of fused-ring (bicyclic) bond motifs is 1. The van der Waals surface area contributed by atoms with Crippen molar-refractivity contribution in [3.05, 3.63) is 75.2 Å². The highest BCUT2D eigenvalue weighted by molar-refractivity contribution is 6.34. The molecule has 2 aromatic carbocycles. The van der Waals surface area contributed by atoms with Crippen molar-refractivity contribution < 1.29 is 37.4 Å². The summed E-state index contributed by atoms with van der Waals surface area (Å²) in [5, 5.41) is 13.8. The van der Waals surface area contributed by atoms with E-state index in [2.05, 4.69) is 5.10 Å². The first-order valence-corrected chi connectivity index (χ1v) is 14.4. The first-order chi connectivity index (χ1) is 20.4. The van der Waals surface area contributed by atoms with Crippen LogP contribution in [0.25, 0.3) is 11.3 Å². The molecule has 1 atom stereocenters. The zero-order valence-electron chi connectivity index (χ0n) is 23.5. The Labute approximate surface area is 250 Å². The smallest absolute Gasteiger partial charge is 0.335 e. The van der Waals surface area contributed by atoms with Crippen LogP contribution in [0.3, 0.4) is 0 Å². The number of halogens is 4. The van der Waals surface area contributed by atoms with Crippen LogP contribution < -0.4 is 0 Å². The fourth-order valence-electron chi connectivity index (χ4n) is 6.35. The van der Waals surface area contributed by atoms with Gasteiger partial charge in [0.1, 0.15) is 5.82 Å². The lowest BCUT2D eigenvalue weighted by molar-refractivity contribution is -0.162. The van der Waals surface area contributed by atoms with Crippen LogP contribution in [-0.4, -0.2) is 69.8 Å². The Kier molecular flexibility index (Phi) is 7.16. The number of rotatable bonds is 7. The Morgan fingerprint density at radius 1 is 1.16 bits per heavy atom. The maximum absolute atomic E-state index is 15.3. The molecule has 1 aliphatic heterocycles. The van der Waals surface area contributed by atoms with E-state index in [0.29, 0.717) is 37.2 Å². The van der Waals surface area contributed by atoms with E-state index in [0.717, 1.165) is 10.7 Å². The Bertz CT molecular complexity index is 1660. The minimum absolute atomic E-state index is 0.0122. The molecule has 8 nitrogen and oxygen atoms in total. The number of carbonyl (C=O) groups excluding carboxylic acids is 2. The van der Waals surface area contributed by atoms with Crippen molar-refractivity contribution in [1.82, 2.24) is 14.7 Å². The number of carboxylic acids is 1. The summed E-state index contributed by atoms with van der Waals surface area (Å²) in [4.78, 5) is 40.7. The molecule has 0 spiro atoms. The van der Waals surface area contributed by atoms with Crippen LogP contribution in [0.5, 0.6) is 0 Å². The minimum atomic E-state index is -2.71. The molecular formula is C31H29ClF3N3O5. The van der Waals surface area contributed by atoms with E-state index in [1.807, 2.05) is 6.92 Å². The van der Waals surface area contributed by atoms with E-state index in [1.165, 1.54) is 30.3 Å². The fourth-order valence-corrected chi connectivity index (χ4v) is 6.61. The molecule has 1 saturated heterocycles. The number of aromatic nitrogens is 2. The second-order valence-electron chi connectivity index (χ2n) is 11.9. The lowest BCUT2D eigenvalue weighted by Crippen LogP contribution is -2.64. The number of hydrogen-bond acceptors (Lipinski definition) is 5. The van der Waals surface area contributed by atoms with Crippen LogP contribution in [0.1, 0.15) is 63.7 Å². The van der Waals surface area contributed by atoms with Crippen molar-refractivity contribution in [2.45, 2.75) is 56.5 Å². The molecule has 2 aliphatic carbocycles. The van der Waals surface area contributed by atoms with E-state index in [-0.39, 0.29) is 58.1 Å². The summed E-state index contributed by atoms with van der Waals surface area (Å²) in [7, 11) is 1.59. The summed E-state index contributed by atoms with van der Waals surface area (Å²) in [5.41, 5.74) is -1.12. The topological polar surface area (TPSA) is 102 Å². The fraction of sp³-hybridized carbons (Fsp3) is 0.419. The third-order valence-corrected chi connectivity index (χ3v) is 9.43. The standard InChI is InChI=1S/C31H29ClF3N3O5/c1-30(43-2)14-37(15-30)26(39)16-6-9-19-23(13-16)38(36-25(19)18-8-7-17(28(41)42)12-22(18)33)27(40)24-20(4-3-5-21(24)32)31(10-11-31)29(34)35/h3-5,7-8,12,16,29H,6,9-11,13-15H2,1-2H3,(H,41,42). The van der Waals surface area contributed by atoms with E-state index in [1.54, 1.807) is 12.0 Å². The highest BCUT2D eigenvalue weighted by Crippen LogP contribution is 2.54. The second-order valence-corrected chi connectivity index (χ2v) is 12.3. The van der Waals surface area contributed by atoms with Crippen molar-refractivity contribution in [2.75, 3.05) is 20.2 Å². The van der Waals surface area contributed by atoms with Crippen molar-refractivity contribution in [2.24, 2.45) is 5.92 Å². The van der Waals surface area contributed by atoms with Gasteiger partial charge in [-0.05, 0) is 62.4 Å². The van der Waals surface area contributed by atoms with Gasteiger partial charge in [-0.2, -0.15) is 9.78 Å². The molecule has 0 radical (unpaired) electrons. The number of ether oxygens (including phenoxy) is 1. The number of carboxylic acid groups (broad SMARTS) is 1. The van der Waals surface area contributed by atoms with Crippen LogP contribution >= 0.6 is 11.6 Å². The highest BCUT2D eigenvalue weighted by atomic mass is 35.5. The summed E-state index contributed by atoms with van der Waals surface area (Å²) in [6.07, 6.45) is -1.50. The second kappa shape index (κ2) is 10.5. The van der Waals surface area contributed by atoms with Gasteiger partial charge in [-0.1, -0.05) is 23.7 Å². The maximum Gasteiger partial charge on any atom is 0.335 e. The predicted molar refractivity (Wildman–Crippen MR) is 150 cm³/mol. The van der Waals surface area contributed by atoms with Crippen molar-refractivity contribution >= 4 is 29.4 Å². The molecule has 1 N–H and O–H groups in total. The third-order valence-electron chi connectivity index (χ3n) is 9.11. The highest BCUT2D eigenvalue weighted by Gasteiger charge is 2.54. The molecule has 43 heavy (non-hydrogen) atoms. The van der Waals surface area contributed by atoms with Gasteiger partial charge in [0.15, 0.2) is 0 Å². The zero-order valence-corrected chi connectivity index (χ0v) is 24.3. The Hall–Kier alpha value is -3.70. The molecule has 1 aromatic heterocycles. The van der Waals surface area contributed by atoms with Crippen molar-refractivity contribution in [3.63, 3.8) is 0 Å². The summed E-state index contributed by atoms with van der Waals surface area (Å²) in [5.74, 6) is -3.49. The molecule has 3 aliphatic rings.